The van der Waals surface area contributed by atoms with Gasteiger partial charge in [0.15, 0.2) is 11.6 Å². The van der Waals surface area contributed by atoms with E-state index in [1.54, 1.807) is 0 Å². The van der Waals surface area contributed by atoms with E-state index in [-0.39, 0.29) is 4.90 Å². The van der Waals surface area contributed by atoms with Crippen LogP contribution in [0.25, 0.3) is 0 Å². The summed E-state index contributed by atoms with van der Waals surface area (Å²) in [5.41, 5.74) is -0.441. The van der Waals surface area contributed by atoms with E-state index in [1.807, 2.05) is 0 Å². The zero-order valence-corrected chi connectivity index (χ0v) is 7.40. The summed E-state index contributed by atoms with van der Waals surface area (Å²) >= 11 is 0.922. The van der Waals surface area contributed by atoms with E-state index in [0.29, 0.717) is 6.07 Å². The first-order valence-corrected chi connectivity index (χ1v) is 4.46. The molecule has 70 valence electrons. The standard InChI is InChI=1S/C7H5F2NO2S/c1-13-6-3-4(10(11)12)2-5(8)7(6)9/h2-3H,1H3. The second-order valence-electron chi connectivity index (χ2n) is 2.20. The second-order valence-corrected chi connectivity index (χ2v) is 3.05. The first-order valence-electron chi connectivity index (χ1n) is 3.23. The Morgan fingerprint density at radius 1 is 1.46 bits per heavy atom. The molecule has 0 unspecified atom stereocenters. The quantitative estimate of drug-likeness (QED) is 0.423. The first-order chi connectivity index (χ1) is 6.06. The Hall–Kier alpha value is -1.17. The van der Waals surface area contributed by atoms with Crippen LogP contribution in [0.4, 0.5) is 14.5 Å². The number of hydrogen-bond acceptors (Lipinski definition) is 3. The van der Waals surface area contributed by atoms with Crippen LogP contribution in [0.15, 0.2) is 17.0 Å². The number of nitrogens with zero attached hydrogens (tertiary/aromatic N) is 1. The van der Waals surface area contributed by atoms with Crippen molar-refractivity contribution in [2.24, 2.45) is 0 Å². The molecule has 3 nitrogen and oxygen atoms in total. The van der Waals surface area contributed by atoms with Crippen LogP contribution < -0.4 is 0 Å². The molecule has 0 aliphatic carbocycles. The molecule has 6 heteroatoms. The molecule has 0 atom stereocenters. The zero-order valence-electron chi connectivity index (χ0n) is 6.58. The fraction of sp³-hybridized carbons (Fsp3) is 0.143. The van der Waals surface area contributed by atoms with Gasteiger partial charge in [-0.15, -0.1) is 11.8 Å². The third-order valence-corrected chi connectivity index (χ3v) is 2.15. The summed E-state index contributed by atoms with van der Waals surface area (Å²) in [4.78, 5) is 9.41. The number of halogens is 2. The molecule has 0 spiro atoms. The van der Waals surface area contributed by atoms with Crippen molar-refractivity contribution in [2.45, 2.75) is 4.90 Å². The van der Waals surface area contributed by atoms with Crippen LogP contribution >= 0.6 is 11.8 Å². The minimum atomic E-state index is -1.20. The molecule has 0 aliphatic heterocycles. The Balaban J connectivity index is 3.30. The molecule has 0 radical (unpaired) electrons. The molecule has 0 fully saturated rings. The number of thioether (sulfide) groups is 1. The maximum absolute atomic E-state index is 12.8. The molecule has 0 saturated carbocycles. The number of rotatable bonds is 2. The fourth-order valence-corrected chi connectivity index (χ4v) is 1.32. The van der Waals surface area contributed by atoms with E-state index in [9.17, 15) is 18.9 Å². The van der Waals surface area contributed by atoms with Crippen molar-refractivity contribution in [1.82, 2.24) is 0 Å². The van der Waals surface area contributed by atoms with E-state index in [2.05, 4.69) is 0 Å². The van der Waals surface area contributed by atoms with Crippen molar-refractivity contribution in [1.29, 1.82) is 0 Å². The summed E-state index contributed by atoms with van der Waals surface area (Å²) in [6, 6.07) is 1.57. The molecule has 1 aromatic rings. The third kappa shape index (κ3) is 1.95. The molecule has 0 saturated heterocycles. The normalized spacial score (nSPS) is 10.1. The van der Waals surface area contributed by atoms with Crippen LogP contribution in [0.2, 0.25) is 0 Å². The Morgan fingerprint density at radius 2 is 2.08 bits per heavy atom. The van der Waals surface area contributed by atoms with Gasteiger partial charge in [-0.1, -0.05) is 0 Å². The highest BCUT2D eigenvalue weighted by molar-refractivity contribution is 7.98. The van der Waals surface area contributed by atoms with Gasteiger partial charge in [-0.25, -0.2) is 8.78 Å². The highest BCUT2D eigenvalue weighted by Gasteiger charge is 2.15. The van der Waals surface area contributed by atoms with Gasteiger partial charge in [0.25, 0.3) is 5.69 Å². The number of benzene rings is 1. The summed E-state index contributed by atoms with van der Waals surface area (Å²) in [5.74, 6) is -2.24. The molecule has 1 rings (SSSR count). The van der Waals surface area contributed by atoms with Gasteiger partial charge in [0.2, 0.25) is 0 Å². The van der Waals surface area contributed by atoms with Crippen molar-refractivity contribution in [3.8, 4) is 0 Å². The highest BCUT2D eigenvalue weighted by atomic mass is 32.2. The summed E-state index contributed by atoms with van der Waals surface area (Å²) < 4.78 is 25.5. The Kier molecular flexibility index (Phi) is 2.82. The highest BCUT2D eigenvalue weighted by Crippen LogP contribution is 2.26. The van der Waals surface area contributed by atoms with E-state index in [1.165, 1.54) is 6.26 Å². The zero-order chi connectivity index (χ0) is 10.0. The van der Waals surface area contributed by atoms with Crippen LogP contribution in [0.3, 0.4) is 0 Å². The molecule has 0 N–H and O–H groups in total. The van der Waals surface area contributed by atoms with Gasteiger partial charge in [-0.3, -0.25) is 10.1 Å². The van der Waals surface area contributed by atoms with E-state index in [4.69, 9.17) is 0 Å². The second kappa shape index (κ2) is 3.69. The number of nitro groups is 1. The smallest absolute Gasteiger partial charge is 0.258 e. The predicted molar refractivity (Wildman–Crippen MR) is 44.8 cm³/mol. The van der Waals surface area contributed by atoms with Gasteiger partial charge in [-0.05, 0) is 6.26 Å². The molecule has 0 bridgehead atoms. The summed E-state index contributed by atoms with van der Waals surface area (Å²) in [6.07, 6.45) is 1.52. The minimum absolute atomic E-state index is 0.0632. The maximum Gasteiger partial charge on any atom is 0.273 e. The monoisotopic (exact) mass is 205 g/mol. The lowest BCUT2D eigenvalue weighted by atomic mass is 10.3. The van der Waals surface area contributed by atoms with Crippen molar-refractivity contribution in [3.05, 3.63) is 33.9 Å². The molecular weight excluding hydrogens is 200 g/mol. The molecule has 1 aromatic carbocycles. The van der Waals surface area contributed by atoms with E-state index >= 15 is 0 Å². The summed E-state index contributed by atoms with van der Waals surface area (Å²) in [5, 5.41) is 10.2. The summed E-state index contributed by atoms with van der Waals surface area (Å²) in [7, 11) is 0. The van der Waals surface area contributed by atoms with Crippen LogP contribution in [0.1, 0.15) is 0 Å². The van der Waals surface area contributed by atoms with Crippen molar-refractivity contribution >= 4 is 17.4 Å². The lowest BCUT2D eigenvalue weighted by molar-refractivity contribution is -0.385. The first kappa shape index (κ1) is 9.91. The van der Waals surface area contributed by atoms with Crippen LogP contribution in [0.5, 0.6) is 0 Å². The lowest BCUT2D eigenvalue weighted by Gasteiger charge is -1.99. The van der Waals surface area contributed by atoms with Crippen molar-refractivity contribution in [3.63, 3.8) is 0 Å². The number of hydrogen-bond donors (Lipinski definition) is 0. The molecule has 13 heavy (non-hydrogen) atoms. The van der Waals surface area contributed by atoms with Crippen LogP contribution in [-0.4, -0.2) is 11.2 Å². The van der Waals surface area contributed by atoms with Gasteiger partial charge < -0.3 is 0 Å². The average molecular weight is 205 g/mol. The minimum Gasteiger partial charge on any atom is -0.258 e. The maximum atomic E-state index is 12.8. The van der Waals surface area contributed by atoms with E-state index in [0.717, 1.165) is 17.8 Å². The fourth-order valence-electron chi connectivity index (χ4n) is 0.804. The number of non-ortho nitro benzene ring substituents is 1. The molecule has 0 heterocycles. The Morgan fingerprint density at radius 3 is 2.54 bits per heavy atom. The molecular formula is C7H5F2NO2S. The third-order valence-electron chi connectivity index (χ3n) is 1.41. The largest absolute Gasteiger partial charge is 0.273 e. The number of nitro benzene ring substituents is 1. The predicted octanol–water partition coefficient (Wildman–Crippen LogP) is 2.59. The van der Waals surface area contributed by atoms with Crippen LogP contribution in [0, 0.1) is 21.7 Å². The molecule has 0 aliphatic rings. The SMILES string of the molecule is CSc1cc([N+](=O)[O-])cc(F)c1F. The molecule has 0 aromatic heterocycles. The van der Waals surface area contributed by atoms with Gasteiger partial charge >= 0.3 is 0 Å². The van der Waals surface area contributed by atoms with Gasteiger partial charge in [0.1, 0.15) is 0 Å². The Labute approximate surface area is 76.9 Å². The van der Waals surface area contributed by atoms with Gasteiger partial charge in [-0.2, -0.15) is 0 Å². The van der Waals surface area contributed by atoms with Crippen molar-refractivity contribution < 1.29 is 13.7 Å². The lowest BCUT2D eigenvalue weighted by Crippen LogP contribution is -1.93. The topological polar surface area (TPSA) is 43.1 Å². The van der Waals surface area contributed by atoms with Crippen LogP contribution in [-0.2, 0) is 0 Å². The van der Waals surface area contributed by atoms with Gasteiger partial charge in [0.05, 0.1) is 15.9 Å². The average Bonchev–Trinajstić information content (AvgIpc) is 2.09. The summed E-state index contributed by atoms with van der Waals surface area (Å²) in [6.45, 7) is 0. The van der Waals surface area contributed by atoms with E-state index < -0.39 is 22.2 Å². The van der Waals surface area contributed by atoms with Crippen molar-refractivity contribution in [2.75, 3.05) is 6.26 Å². The molecule has 0 amide bonds. The Bertz CT molecular complexity index is 357. The van der Waals surface area contributed by atoms with Gasteiger partial charge in [0, 0.05) is 6.07 Å².